The Morgan fingerprint density at radius 3 is 2.94 bits per heavy atom. The fourth-order valence-electron chi connectivity index (χ4n) is 2.00. The molecule has 1 fully saturated rings. The summed E-state index contributed by atoms with van der Waals surface area (Å²) < 4.78 is 0.645. The first-order valence-corrected chi connectivity index (χ1v) is 6.28. The lowest BCUT2D eigenvalue weighted by atomic mass is 10.1. The van der Waals surface area contributed by atoms with E-state index in [2.05, 4.69) is 21.2 Å². The zero-order chi connectivity index (χ0) is 13.3. The number of nitrogens with one attached hydrogen (secondary N) is 1. The Hall–Kier alpha value is -1.63. The fraction of sp³-hybridized carbons (Fsp3) is 0.364. The van der Waals surface area contributed by atoms with E-state index in [0.717, 1.165) is 0 Å². The molecule has 1 heterocycles. The Kier molecular flexibility index (Phi) is 3.51. The maximum absolute atomic E-state index is 11.6. The Labute approximate surface area is 112 Å². The molecular weight excluding hydrogens is 302 g/mol. The summed E-state index contributed by atoms with van der Waals surface area (Å²) in [6, 6.07) is 4.45. The second-order valence-corrected chi connectivity index (χ2v) is 4.97. The largest absolute Gasteiger partial charge is 0.353 e. The molecule has 0 spiro atoms. The van der Waals surface area contributed by atoms with E-state index in [9.17, 15) is 14.9 Å². The number of halogens is 1. The van der Waals surface area contributed by atoms with Crippen LogP contribution >= 0.6 is 15.9 Å². The van der Waals surface area contributed by atoms with Gasteiger partial charge in [-0.15, -0.1) is 0 Å². The Balaban J connectivity index is 2.43. The van der Waals surface area contributed by atoms with E-state index in [1.54, 1.807) is 24.0 Å². The van der Waals surface area contributed by atoms with Gasteiger partial charge in [-0.1, -0.05) is 15.9 Å². The van der Waals surface area contributed by atoms with E-state index in [1.807, 2.05) is 0 Å². The van der Waals surface area contributed by atoms with Gasteiger partial charge in [0.05, 0.1) is 4.92 Å². The van der Waals surface area contributed by atoms with Crippen molar-refractivity contribution < 1.29 is 9.72 Å². The standard InChI is InChI=1S/C11H12BrN3O3/c1-7-11(16)13-4-5-14(7)9-3-2-8(12)6-10(9)15(17)18/h2-3,6-7H,4-5H2,1H3,(H,13,16). The molecule has 6 nitrogen and oxygen atoms in total. The highest BCUT2D eigenvalue weighted by Gasteiger charge is 2.30. The smallest absolute Gasteiger partial charge is 0.293 e. The maximum Gasteiger partial charge on any atom is 0.293 e. The number of nitrogens with zero attached hydrogens (tertiary/aromatic N) is 2. The van der Waals surface area contributed by atoms with Gasteiger partial charge in [0.25, 0.3) is 5.69 Å². The van der Waals surface area contributed by atoms with Crippen molar-refractivity contribution in [2.24, 2.45) is 0 Å². The zero-order valence-corrected chi connectivity index (χ0v) is 11.3. The molecule has 1 amide bonds. The van der Waals surface area contributed by atoms with Gasteiger partial charge in [0.2, 0.25) is 5.91 Å². The maximum atomic E-state index is 11.6. The highest BCUT2D eigenvalue weighted by Crippen LogP contribution is 2.32. The van der Waals surface area contributed by atoms with Crippen LogP contribution in [0.15, 0.2) is 22.7 Å². The van der Waals surface area contributed by atoms with Crippen LogP contribution in [0.5, 0.6) is 0 Å². The molecule has 1 aromatic carbocycles. The molecule has 1 aliphatic heterocycles. The van der Waals surface area contributed by atoms with E-state index < -0.39 is 11.0 Å². The summed E-state index contributed by atoms with van der Waals surface area (Å²) >= 11 is 3.21. The number of carbonyl (C=O) groups excluding carboxylic acids is 1. The summed E-state index contributed by atoms with van der Waals surface area (Å²) in [7, 11) is 0. The molecule has 1 unspecified atom stereocenters. The molecule has 0 bridgehead atoms. The van der Waals surface area contributed by atoms with Gasteiger partial charge in [0, 0.05) is 23.6 Å². The Morgan fingerprint density at radius 1 is 1.56 bits per heavy atom. The van der Waals surface area contributed by atoms with Gasteiger partial charge in [-0.05, 0) is 19.1 Å². The van der Waals surface area contributed by atoms with Gasteiger partial charge in [-0.2, -0.15) is 0 Å². The number of anilines is 1. The van der Waals surface area contributed by atoms with Crippen LogP contribution in [-0.4, -0.2) is 30.0 Å². The lowest BCUT2D eigenvalue weighted by Crippen LogP contribution is -2.54. The van der Waals surface area contributed by atoms with Crippen molar-refractivity contribution in [1.29, 1.82) is 0 Å². The van der Waals surface area contributed by atoms with Crippen molar-refractivity contribution in [2.45, 2.75) is 13.0 Å². The average molecular weight is 314 g/mol. The van der Waals surface area contributed by atoms with Gasteiger partial charge >= 0.3 is 0 Å². The van der Waals surface area contributed by atoms with Crippen molar-refractivity contribution in [3.8, 4) is 0 Å². The van der Waals surface area contributed by atoms with Gasteiger partial charge in [0.1, 0.15) is 11.7 Å². The van der Waals surface area contributed by atoms with Gasteiger partial charge in [-0.3, -0.25) is 14.9 Å². The number of amides is 1. The molecule has 0 aliphatic carbocycles. The quantitative estimate of drug-likeness (QED) is 0.666. The lowest BCUT2D eigenvalue weighted by Gasteiger charge is -2.34. The van der Waals surface area contributed by atoms with Crippen LogP contribution in [0.1, 0.15) is 6.92 Å². The predicted octanol–water partition coefficient (Wildman–Crippen LogP) is 1.68. The van der Waals surface area contributed by atoms with Crippen LogP contribution in [0, 0.1) is 10.1 Å². The fourth-order valence-corrected chi connectivity index (χ4v) is 2.35. The van der Waals surface area contributed by atoms with Crippen LogP contribution in [-0.2, 0) is 4.79 Å². The molecule has 1 aromatic rings. The Morgan fingerprint density at radius 2 is 2.28 bits per heavy atom. The molecule has 7 heteroatoms. The summed E-state index contributed by atoms with van der Waals surface area (Å²) in [4.78, 5) is 24.0. The summed E-state index contributed by atoms with van der Waals surface area (Å²) in [6.45, 7) is 2.80. The number of rotatable bonds is 2. The summed E-state index contributed by atoms with van der Waals surface area (Å²) in [5, 5.41) is 13.8. The van der Waals surface area contributed by atoms with Crippen molar-refractivity contribution in [1.82, 2.24) is 5.32 Å². The molecule has 0 radical (unpaired) electrons. The number of benzene rings is 1. The van der Waals surface area contributed by atoms with E-state index in [0.29, 0.717) is 23.2 Å². The van der Waals surface area contributed by atoms with Crippen LogP contribution in [0.25, 0.3) is 0 Å². The van der Waals surface area contributed by atoms with Crippen molar-refractivity contribution in [3.63, 3.8) is 0 Å². The molecule has 0 aromatic heterocycles. The minimum absolute atomic E-state index is 0.00549. The summed E-state index contributed by atoms with van der Waals surface area (Å²) in [5.74, 6) is -0.113. The first-order chi connectivity index (χ1) is 8.50. The topological polar surface area (TPSA) is 75.5 Å². The summed E-state index contributed by atoms with van der Waals surface area (Å²) in [5.41, 5.74) is 0.483. The summed E-state index contributed by atoms with van der Waals surface area (Å²) in [6.07, 6.45) is 0. The molecule has 18 heavy (non-hydrogen) atoms. The normalized spacial score (nSPS) is 19.6. The zero-order valence-electron chi connectivity index (χ0n) is 9.72. The first kappa shape index (κ1) is 12.8. The third-order valence-electron chi connectivity index (χ3n) is 2.94. The molecule has 1 N–H and O–H groups in total. The van der Waals surface area contributed by atoms with Crippen molar-refractivity contribution >= 4 is 33.2 Å². The third kappa shape index (κ3) is 2.31. The molecule has 1 atom stereocenters. The molecule has 1 aliphatic rings. The number of nitro benzene ring substituents is 1. The van der Waals surface area contributed by atoms with Crippen molar-refractivity contribution in [2.75, 3.05) is 18.0 Å². The SMILES string of the molecule is CC1C(=O)NCCN1c1ccc(Br)cc1[N+](=O)[O-]. The van der Waals surface area contributed by atoms with E-state index in [1.165, 1.54) is 6.07 Å². The van der Waals surface area contributed by atoms with E-state index in [4.69, 9.17) is 0 Å². The molecular formula is C11H12BrN3O3. The van der Waals surface area contributed by atoms with Crippen LogP contribution in [0.3, 0.4) is 0 Å². The van der Waals surface area contributed by atoms with Gasteiger partial charge < -0.3 is 10.2 Å². The average Bonchev–Trinajstić information content (AvgIpc) is 2.33. The highest BCUT2D eigenvalue weighted by atomic mass is 79.9. The second-order valence-electron chi connectivity index (χ2n) is 4.05. The molecule has 1 saturated heterocycles. The van der Waals surface area contributed by atoms with E-state index >= 15 is 0 Å². The monoisotopic (exact) mass is 313 g/mol. The van der Waals surface area contributed by atoms with Crippen LogP contribution in [0.4, 0.5) is 11.4 Å². The van der Waals surface area contributed by atoms with Gasteiger partial charge in [-0.25, -0.2) is 0 Å². The number of nitro groups is 1. The number of piperazine rings is 1. The second kappa shape index (κ2) is 4.93. The lowest BCUT2D eigenvalue weighted by molar-refractivity contribution is -0.384. The third-order valence-corrected chi connectivity index (χ3v) is 3.44. The van der Waals surface area contributed by atoms with Gasteiger partial charge in [0.15, 0.2) is 0 Å². The predicted molar refractivity (Wildman–Crippen MR) is 70.6 cm³/mol. The highest BCUT2D eigenvalue weighted by molar-refractivity contribution is 9.10. The minimum atomic E-state index is -0.431. The Bertz CT molecular complexity index is 506. The van der Waals surface area contributed by atoms with Crippen molar-refractivity contribution in [3.05, 3.63) is 32.8 Å². The van der Waals surface area contributed by atoms with Crippen LogP contribution in [0.2, 0.25) is 0 Å². The number of carbonyl (C=O) groups is 1. The molecule has 0 saturated carbocycles. The number of hydrogen-bond acceptors (Lipinski definition) is 4. The minimum Gasteiger partial charge on any atom is -0.353 e. The van der Waals surface area contributed by atoms with Crippen LogP contribution < -0.4 is 10.2 Å². The van der Waals surface area contributed by atoms with E-state index in [-0.39, 0.29) is 11.6 Å². The molecule has 2 rings (SSSR count). The number of hydrogen-bond donors (Lipinski definition) is 1. The first-order valence-electron chi connectivity index (χ1n) is 5.49. The molecule has 96 valence electrons.